The lowest BCUT2D eigenvalue weighted by atomic mass is 10.0. The molecule has 0 radical (unpaired) electrons. The fourth-order valence-corrected chi connectivity index (χ4v) is 3.53. The van der Waals surface area contributed by atoms with Gasteiger partial charge in [0.1, 0.15) is 11.9 Å². The second-order valence-corrected chi connectivity index (χ2v) is 6.90. The van der Waals surface area contributed by atoms with Crippen LogP contribution in [0.1, 0.15) is 10.4 Å². The van der Waals surface area contributed by atoms with E-state index in [0.717, 1.165) is 33.9 Å². The number of thiophene rings is 1. The van der Waals surface area contributed by atoms with Crippen molar-refractivity contribution >= 4 is 23.3 Å². The molecule has 0 spiro atoms. The van der Waals surface area contributed by atoms with Crippen LogP contribution >= 0.6 is 11.3 Å². The maximum absolute atomic E-state index is 12.0. The van der Waals surface area contributed by atoms with Gasteiger partial charge in [-0.25, -0.2) is 0 Å². The predicted molar refractivity (Wildman–Crippen MR) is 102 cm³/mol. The van der Waals surface area contributed by atoms with Gasteiger partial charge >= 0.3 is 0 Å². The maximum Gasteiger partial charge on any atom is 0.244 e. The zero-order valence-electron chi connectivity index (χ0n) is 14.0. The highest BCUT2D eigenvalue weighted by molar-refractivity contribution is 7.10. The first kappa shape index (κ1) is 16.5. The number of aromatic nitrogens is 2. The third-order valence-electron chi connectivity index (χ3n) is 4.11. The van der Waals surface area contributed by atoms with E-state index in [1.54, 1.807) is 36.0 Å². The second-order valence-electron chi connectivity index (χ2n) is 5.92. The lowest BCUT2D eigenvalue weighted by Gasteiger charge is -2.12. The smallest absolute Gasteiger partial charge is 0.244 e. The molecule has 5 nitrogen and oxygen atoms in total. The van der Waals surface area contributed by atoms with E-state index in [0.29, 0.717) is 6.54 Å². The number of para-hydroxylation sites is 1. The minimum Gasteiger partial charge on any atom is -0.487 e. The van der Waals surface area contributed by atoms with Crippen LogP contribution in [0.25, 0.3) is 17.3 Å². The zero-order chi connectivity index (χ0) is 17.8. The lowest BCUT2D eigenvalue weighted by Crippen LogP contribution is -2.33. The van der Waals surface area contributed by atoms with Gasteiger partial charge in [0, 0.05) is 35.3 Å². The summed E-state index contributed by atoms with van der Waals surface area (Å²) in [5.41, 5.74) is 2.84. The summed E-state index contributed by atoms with van der Waals surface area (Å²) in [5, 5.41) is 4.89. The number of ether oxygens (including phenoxy) is 1. The molecule has 0 aliphatic carbocycles. The van der Waals surface area contributed by atoms with Crippen LogP contribution in [0.15, 0.2) is 60.4 Å². The Bertz CT molecular complexity index is 923. The molecule has 0 saturated carbocycles. The topological polar surface area (TPSA) is 64.1 Å². The Morgan fingerprint density at radius 1 is 1.31 bits per heavy atom. The van der Waals surface area contributed by atoms with Crippen molar-refractivity contribution in [2.75, 3.05) is 6.54 Å². The normalized spacial score (nSPS) is 15.6. The van der Waals surface area contributed by atoms with Crippen LogP contribution in [0.3, 0.4) is 0 Å². The van der Waals surface area contributed by atoms with Crippen molar-refractivity contribution < 1.29 is 9.53 Å². The Labute approximate surface area is 155 Å². The van der Waals surface area contributed by atoms with E-state index in [-0.39, 0.29) is 12.0 Å². The second kappa shape index (κ2) is 7.49. The van der Waals surface area contributed by atoms with E-state index < -0.39 is 0 Å². The Morgan fingerprint density at radius 2 is 2.27 bits per heavy atom. The van der Waals surface area contributed by atoms with Gasteiger partial charge in [-0.05, 0) is 29.2 Å². The molecule has 1 aromatic carbocycles. The molecule has 26 heavy (non-hydrogen) atoms. The van der Waals surface area contributed by atoms with Crippen molar-refractivity contribution in [2.45, 2.75) is 12.5 Å². The van der Waals surface area contributed by atoms with Gasteiger partial charge in [-0.1, -0.05) is 18.2 Å². The van der Waals surface area contributed by atoms with Crippen molar-refractivity contribution in [3.05, 3.63) is 70.8 Å². The Morgan fingerprint density at radius 3 is 3.08 bits per heavy atom. The van der Waals surface area contributed by atoms with E-state index in [2.05, 4.69) is 15.3 Å². The standard InChI is InChI=1S/C20H17N3O2S/c24-19(7-6-16-4-2-10-26-16)23-12-15-11-14-3-1-5-17(20(14)25-15)18-13-21-8-9-22-18/h1-10,13,15H,11-12H2,(H,23,24)/b7-6+/t15-/m0/s1. The fraction of sp³-hybridized carbons (Fsp3) is 0.150. The molecule has 1 amide bonds. The number of hydrogen-bond acceptors (Lipinski definition) is 5. The summed E-state index contributed by atoms with van der Waals surface area (Å²) in [6.45, 7) is 0.461. The van der Waals surface area contributed by atoms with Gasteiger partial charge in [0.05, 0.1) is 18.4 Å². The average molecular weight is 363 g/mol. The Kier molecular flexibility index (Phi) is 4.75. The molecule has 6 heteroatoms. The van der Waals surface area contributed by atoms with Crippen LogP contribution in [0.2, 0.25) is 0 Å². The Balaban J connectivity index is 1.39. The summed E-state index contributed by atoms with van der Waals surface area (Å²) in [6.07, 6.45) is 9.09. The minimum absolute atomic E-state index is 0.0816. The molecule has 0 saturated heterocycles. The predicted octanol–water partition coefficient (Wildman–Crippen LogP) is 3.34. The number of carbonyl (C=O) groups is 1. The number of rotatable bonds is 5. The number of fused-ring (bicyclic) bond motifs is 1. The van der Waals surface area contributed by atoms with Crippen LogP contribution in [-0.4, -0.2) is 28.5 Å². The summed E-state index contributed by atoms with van der Waals surface area (Å²) >= 11 is 1.60. The first-order chi connectivity index (χ1) is 12.8. The van der Waals surface area contributed by atoms with Crippen molar-refractivity contribution in [1.29, 1.82) is 0 Å². The third-order valence-corrected chi connectivity index (χ3v) is 4.95. The van der Waals surface area contributed by atoms with Crippen LogP contribution in [-0.2, 0) is 11.2 Å². The molecule has 130 valence electrons. The van der Waals surface area contributed by atoms with Crippen molar-refractivity contribution in [3.63, 3.8) is 0 Å². The summed E-state index contributed by atoms with van der Waals surface area (Å²) in [4.78, 5) is 21.5. The van der Waals surface area contributed by atoms with E-state index in [4.69, 9.17) is 4.74 Å². The van der Waals surface area contributed by atoms with Gasteiger partial charge in [0.2, 0.25) is 5.91 Å². The first-order valence-corrected chi connectivity index (χ1v) is 9.22. The van der Waals surface area contributed by atoms with Gasteiger partial charge in [0.25, 0.3) is 0 Å². The van der Waals surface area contributed by atoms with Gasteiger partial charge in [-0.15, -0.1) is 11.3 Å². The molecular formula is C20H17N3O2S. The van der Waals surface area contributed by atoms with Gasteiger partial charge in [-0.3, -0.25) is 14.8 Å². The summed E-state index contributed by atoms with van der Waals surface area (Å²) < 4.78 is 6.09. The number of nitrogens with one attached hydrogen (secondary N) is 1. The number of nitrogens with zero attached hydrogens (tertiary/aromatic N) is 2. The van der Waals surface area contributed by atoms with Crippen molar-refractivity contribution in [1.82, 2.24) is 15.3 Å². The van der Waals surface area contributed by atoms with Crippen LogP contribution in [0.5, 0.6) is 5.75 Å². The maximum atomic E-state index is 12.0. The molecule has 0 bridgehead atoms. The molecule has 1 N–H and O–H groups in total. The number of hydrogen-bond donors (Lipinski definition) is 1. The highest BCUT2D eigenvalue weighted by atomic mass is 32.1. The molecule has 1 atom stereocenters. The molecule has 0 fully saturated rings. The summed E-state index contributed by atoms with van der Waals surface area (Å²) in [7, 11) is 0. The molecule has 2 aromatic heterocycles. The van der Waals surface area contributed by atoms with Crippen molar-refractivity contribution in [3.8, 4) is 17.0 Å². The number of carbonyl (C=O) groups excluding carboxylic acids is 1. The van der Waals surface area contributed by atoms with E-state index >= 15 is 0 Å². The zero-order valence-corrected chi connectivity index (χ0v) is 14.8. The lowest BCUT2D eigenvalue weighted by molar-refractivity contribution is -0.116. The fourth-order valence-electron chi connectivity index (χ4n) is 2.91. The van der Waals surface area contributed by atoms with Crippen LogP contribution < -0.4 is 10.1 Å². The Hall–Kier alpha value is -2.99. The van der Waals surface area contributed by atoms with Gasteiger partial charge < -0.3 is 10.1 Å². The average Bonchev–Trinajstić information content (AvgIpc) is 3.34. The van der Waals surface area contributed by atoms with Crippen LogP contribution in [0, 0.1) is 0 Å². The molecule has 4 rings (SSSR count). The third kappa shape index (κ3) is 3.65. The highest BCUT2D eigenvalue weighted by Crippen LogP contribution is 2.37. The van der Waals surface area contributed by atoms with E-state index in [9.17, 15) is 4.79 Å². The molecule has 3 heterocycles. The van der Waals surface area contributed by atoms with Crippen molar-refractivity contribution in [2.24, 2.45) is 0 Å². The first-order valence-electron chi connectivity index (χ1n) is 8.34. The summed E-state index contributed by atoms with van der Waals surface area (Å²) in [6, 6.07) is 9.96. The van der Waals surface area contributed by atoms with E-state index in [1.165, 1.54) is 0 Å². The molecular weight excluding hydrogens is 346 g/mol. The summed E-state index contributed by atoms with van der Waals surface area (Å²) in [5.74, 6) is 0.716. The molecule has 1 aliphatic rings. The number of amides is 1. The van der Waals surface area contributed by atoms with Gasteiger partial charge in [0.15, 0.2) is 0 Å². The molecule has 0 unspecified atom stereocenters. The molecule has 3 aromatic rings. The number of benzene rings is 1. The van der Waals surface area contributed by atoms with Gasteiger partial charge in [-0.2, -0.15) is 0 Å². The highest BCUT2D eigenvalue weighted by Gasteiger charge is 2.26. The van der Waals surface area contributed by atoms with Crippen LogP contribution in [0.4, 0.5) is 0 Å². The minimum atomic E-state index is -0.118. The van der Waals surface area contributed by atoms with E-state index in [1.807, 2.05) is 41.8 Å². The quantitative estimate of drug-likeness (QED) is 0.706. The molecule has 1 aliphatic heterocycles. The SMILES string of the molecule is O=C(/C=C/c1cccs1)NC[C@@H]1Cc2cccc(-c3cnccn3)c2O1. The largest absolute Gasteiger partial charge is 0.487 e. The monoisotopic (exact) mass is 363 g/mol.